The molecule has 6 heteroatoms. The summed E-state index contributed by atoms with van der Waals surface area (Å²) in [5.41, 5.74) is -2.51. The van der Waals surface area contributed by atoms with Crippen molar-refractivity contribution in [1.82, 2.24) is 0 Å². The molecule has 0 aliphatic carbocycles. The predicted molar refractivity (Wildman–Crippen MR) is 129 cm³/mol. The van der Waals surface area contributed by atoms with E-state index in [0.29, 0.717) is 6.42 Å². The van der Waals surface area contributed by atoms with Gasteiger partial charge in [-0.2, -0.15) is 26.3 Å². The highest BCUT2D eigenvalue weighted by Crippen LogP contribution is 2.40. The molecule has 0 N–H and O–H groups in total. The van der Waals surface area contributed by atoms with Gasteiger partial charge in [-0.05, 0) is 36.5 Å². The Morgan fingerprint density at radius 2 is 1.15 bits per heavy atom. The number of hydrogen-bond acceptors (Lipinski definition) is 0. The number of hydrogen-bond donors (Lipinski definition) is 0. The van der Waals surface area contributed by atoms with Crippen LogP contribution in [0.15, 0.2) is 18.2 Å². The van der Waals surface area contributed by atoms with Gasteiger partial charge in [-0.1, -0.05) is 116 Å². The molecule has 0 heterocycles. The zero-order valence-electron chi connectivity index (χ0n) is 21.0. The fraction of sp³-hybridized carbons (Fsp3) is 0.750. The van der Waals surface area contributed by atoms with Gasteiger partial charge in [-0.25, -0.2) is 0 Å². The molecule has 0 amide bonds. The summed E-state index contributed by atoms with van der Waals surface area (Å²) in [6.45, 7) is 3.88. The normalized spacial score (nSPS) is 13.4. The Bertz CT molecular complexity index is 647. The van der Waals surface area contributed by atoms with Crippen molar-refractivity contribution in [2.45, 2.75) is 135 Å². The van der Waals surface area contributed by atoms with E-state index in [1.807, 2.05) is 6.42 Å². The molecule has 1 aromatic carbocycles. The molecular weight excluding hydrogens is 450 g/mol. The van der Waals surface area contributed by atoms with Crippen LogP contribution in [0, 0.1) is 6.42 Å². The molecular formula is C28H43F6. The van der Waals surface area contributed by atoms with Gasteiger partial charge < -0.3 is 0 Å². The molecule has 0 bridgehead atoms. The molecule has 0 fully saturated rings. The van der Waals surface area contributed by atoms with Crippen LogP contribution in [-0.2, 0) is 12.4 Å². The van der Waals surface area contributed by atoms with E-state index in [1.54, 1.807) is 6.92 Å². The molecule has 197 valence electrons. The molecule has 1 atom stereocenters. The van der Waals surface area contributed by atoms with Crippen molar-refractivity contribution < 1.29 is 26.3 Å². The molecule has 0 spiro atoms. The van der Waals surface area contributed by atoms with Crippen LogP contribution in [-0.4, -0.2) is 0 Å². The Morgan fingerprint density at radius 3 is 1.59 bits per heavy atom. The first kappa shape index (κ1) is 30.8. The van der Waals surface area contributed by atoms with Gasteiger partial charge in [-0.3, -0.25) is 0 Å². The van der Waals surface area contributed by atoms with E-state index >= 15 is 0 Å². The summed E-state index contributed by atoms with van der Waals surface area (Å²) in [6, 6.07) is 1.96. The summed E-state index contributed by atoms with van der Waals surface area (Å²) in [6.07, 6.45) is 11.5. The second-order valence-corrected chi connectivity index (χ2v) is 9.61. The van der Waals surface area contributed by atoms with Crippen molar-refractivity contribution in [2.24, 2.45) is 0 Å². The van der Waals surface area contributed by atoms with E-state index in [2.05, 4.69) is 6.92 Å². The maximum absolute atomic E-state index is 13.3. The van der Waals surface area contributed by atoms with E-state index < -0.39 is 29.4 Å². The number of unbranched alkanes of at least 4 members (excludes halogenated alkanes) is 15. The van der Waals surface area contributed by atoms with Crippen LogP contribution in [0.2, 0.25) is 0 Å². The summed E-state index contributed by atoms with van der Waals surface area (Å²) in [5, 5.41) is 0. The van der Waals surface area contributed by atoms with E-state index in [0.717, 1.165) is 31.4 Å². The first-order chi connectivity index (χ1) is 16.1. The second kappa shape index (κ2) is 16.5. The van der Waals surface area contributed by atoms with Crippen molar-refractivity contribution in [3.8, 4) is 0 Å². The Morgan fingerprint density at radius 1 is 0.676 bits per heavy atom. The topological polar surface area (TPSA) is 0 Å². The van der Waals surface area contributed by atoms with Crippen LogP contribution in [0.5, 0.6) is 0 Å². The molecule has 34 heavy (non-hydrogen) atoms. The molecule has 1 rings (SSSR count). The van der Waals surface area contributed by atoms with Crippen LogP contribution >= 0.6 is 0 Å². The van der Waals surface area contributed by atoms with Crippen molar-refractivity contribution in [2.75, 3.05) is 0 Å². The first-order valence-corrected chi connectivity index (χ1v) is 13.2. The van der Waals surface area contributed by atoms with Crippen molar-refractivity contribution in [3.05, 3.63) is 41.3 Å². The molecule has 0 nitrogen and oxygen atoms in total. The summed E-state index contributed by atoms with van der Waals surface area (Å²) in [7, 11) is 0. The largest absolute Gasteiger partial charge is 0.416 e. The summed E-state index contributed by atoms with van der Waals surface area (Å²) in [4.78, 5) is 0. The lowest BCUT2D eigenvalue weighted by atomic mass is 9.89. The third-order valence-corrected chi connectivity index (χ3v) is 6.50. The van der Waals surface area contributed by atoms with Crippen LogP contribution < -0.4 is 0 Å². The Balaban J connectivity index is 2.17. The number of benzene rings is 1. The Labute approximate surface area is 202 Å². The molecule has 0 aliphatic heterocycles. The highest BCUT2D eigenvalue weighted by Gasteiger charge is 2.38. The Hall–Kier alpha value is -1.20. The quantitative estimate of drug-likeness (QED) is 0.141. The highest BCUT2D eigenvalue weighted by molar-refractivity contribution is 5.37. The van der Waals surface area contributed by atoms with E-state index in [9.17, 15) is 26.3 Å². The average molecular weight is 494 g/mol. The molecule has 1 unspecified atom stereocenters. The van der Waals surface area contributed by atoms with Gasteiger partial charge in [0.1, 0.15) is 0 Å². The van der Waals surface area contributed by atoms with Crippen LogP contribution in [0.25, 0.3) is 0 Å². The number of halogens is 6. The lowest BCUT2D eigenvalue weighted by Crippen LogP contribution is -2.14. The maximum Gasteiger partial charge on any atom is 0.416 e. The third kappa shape index (κ3) is 13.0. The highest BCUT2D eigenvalue weighted by atomic mass is 19.4. The van der Waals surface area contributed by atoms with Crippen molar-refractivity contribution in [3.63, 3.8) is 0 Å². The molecule has 0 aliphatic rings. The maximum atomic E-state index is 13.3. The zero-order valence-corrected chi connectivity index (χ0v) is 21.0. The molecule has 0 saturated carbocycles. The van der Waals surface area contributed by atoms with Crippen LogP contribution in [0.1, 0.15) is 139 Å². The number of rotatable bonds is 18. The fourth-order valence-electron chi connectivity index (χ4n) is 4.39. The van der Waals surface area contributed by atoms with Crippen LogP contribution in [0.4, 0.5) is 26.3 Å². The molecule has 0 saturated heterocycles. The minimum atomic E-state index is -4.81. The van der Waals surface area contributed by atoms with Gasteiger partial charge in [-0.15, -0.1) is 0 Å². The zero-order chi connectivity index (χ0) is 25.5. The van der Waals surface area contributed by atoms with E-state index in [-0.39, 0.29) is 11.6 Å². The third-order valence-electron chi connectivity index (χ3n) is 6.50. The van der Waals surface area contributed by atoms with Crippen molar-refractivity contribution >= 4 is 0 Å². The van der Waals surface area contributed by atoms with E-state index in [1.165, 1.54) is 77.0 Å². The van der Waals surface area contributed by atoms with Gasteiger partial charge in [0.25, 0.3) is 0 Å². The smallest absolute Gasteiger partial charge is 0.166 e. The first-order valence-electron chi connectivity index (χ1n) is 13.2. The second-order valence-electron chi connectivity index (χ2n) is 9.61. The van der Waals surface area contributed by atoms with Gasteiger partial charge >= 0.3 is 12.4 Å². The van der Waals surface area contributed by atoms with Gasteiger partial charge in [0.05, 0.1) is 11.1 Å². The summed E-state index contributed by atoms with van der Waals surface area (Å²) >= 11 is 0. The number of alkyl halides is 6. The fourth-order valence-corrected chi connectivity index (χ4v) is 4.39. The lowest BCUT2D eigenvalue weighted by Gasteiger charge is -2.20. The molecule has 1 radical (unpaired) electrons. The van der Waals surface area contributed by atoms with Gasteiger partial charge in [0.2, 0.25) is 0 Å². The summed E-state index contributed by atoms with van der Waals surface area (Å²) in [5.74, 6) is -0.481. The van der Waals surface area contributed by atoms with Gasteiger partial charge in [0, 0.05) is 0 Å². The monoisotopic (exact) mass is 493 g/mol. The van der Waals surface area contributed by atoms with Crippen LogP contribution in [0.3, 0.4) is 0 Å². The molecule has 0 aromatic heterocycles. The van der Waals surface area contributed by atoms with E-state index in [4.69, 9.17) is 0 Å². The Kier molecular flexibility index (Phi) is 14.9. The standard InChI is InChI=1S/C28H43F6/c1-3-4-5-6-7-8-9-10-11-12-13-14-15-16-17-18-19-23(2)25-21-20-24(27(29,30)31)22-26(25)28(32,33)34/h18,20-23H,3-17,19H2,1-2H3. The lowest BCUT2D eigenvalue weighted by molar-refractivity contribution is -0.143. The SMILES string of the molecule is CCCCCCCCCCCCCCCC[CH]CC(C)c1ccc(C(F)(F)F)cc1C(F)(F)F. The predicted octanol–water partition coefficient (Wildman–Crippen LogP) is 11.3. The average Bonchev–Trinajstić information content (AvgIpc) is 2.77. The van der Waals surface area contributed by atoms with Gasteiger partial charge in [0.15, 0.2) is 0 Å². The minimum Gasteiger partial charge on any atom is -0.166 e. The summed E-state index contributed by atoms with van der Waals surface area (Å²) < 4.78 is 78.5. The van der Waals surface area contributed by atoms with Crippen molar-refractivity contribution in [1.29, 1.82) is 0 Å². The molecule has 1 aromatic rings. The minimum absolute atomic E-state index is 0.0716.